The van der Waals surface area contributed by atoms with Crippen molar-refractivity contribution in [3.8, 4) is 5.75 Å². The van der Waals surface area contributed by atoms with E-state index < -0.39 is 0 Å². The number of benzene rings is 2. The lowest BCUT2D eigenvalue weighted by molar-refractivity contribution is -0.113. The minimum atomic E-state index is -0.127. The Bertz CT molecular complexity index is 901. The highest BCUT2D eigenvalue weighted by Crippen LogP contribution is 2.27. The average molecular weight is 423 g/mol. The van der Waals surface area contributed by atoms with Gasteiger partial charge in [-0.15, -0.1) is 0 Å². The van der Waals surface area contributed by atoms with Crippen LogP contribution in [0.2, 0.25) is 0 Å². The molecule has 2 atom stereocenters. The Kier molecular flexibility index (Phi) is 8.18. The zero-order valence-electron chi connectivity index (χ0n) is 18.1. The summed E-state index contributed by atoms with van der Waals surface area (Å²) in [5, 5.41) is 0. The minimum Gasteiger partial charge on any atom is -0.491 e. The molecule has 0 saturated heterocycles. The summed E-state index contributed by atoms with van der Waals surface area (Å²) in [5.74, 6) is 1.40. The maximum Gasteiger partial charge on any atom is 0.213 e. The molecule has 0 spiro atoms. The lowest BCUT2D eigenvalue weighted by Crippen LogP contribution is -2.38. The maximum atomic E-state index is 12.5. The molecular weight excluding hydrogens is 392 g/mol. The molecule has 31 heavy (non-hydrogen) atoms. The fourth-order valence-corrected chi connectivity index (χ4v) is 3.42. The van der Waals surface area contributed by atoms with Gasteiger partial charge in [0.1, 0.15) is 11.9 Å². The number of carbonyl (C=O) groups is 2. The first-order valence-corrected chi connectivity index (χ1v) is 10.6. The van der Waals surface area contributed by atoms with Gasteiger partial charge in [0, 0.05) is 19.9 Å². The summed E-state index contributed by atoms with van der Waals surface area (Å²) in [7, 11) is 1.70. The molecule has 2 aromatic rings. The smallest absolute Gasteiger partial charge is 0.213 e. The number of nitrogens with zero attached hydrogens (tertiary/aromatic N) is 2. The number of anilines is 1. The van der Waals surface area contributed by atoms with Crippen LogP contribution in [0.15, 0.2) is 59.6 Å². The van der Waals surface area contributed by atoms with Crippen LogP contribution in [0, 0.1) is 5.92 Å². The van der Waals surface area contributed by atoms with E-state index in [2.05, 4.69) is 34.9 Å². The SMILES string of the molecule is C[C@@H](CCCC(=O)C1=NC(Cc2ccccc2)NN1)COc1ccccc1N(C)C=O. The topological polar surface area (TPSA) is 83.0 Å². The van der Waals surface area contributed by atoms with Gasteiger partial charge in [-0.05, 0) is 36.5 Å². The summed E-state index contributed by atoms with van der Waals surface area (Å²) in [4.78, 5) is 29.5. The Hall–Kier alpha value is -3.19. The molecule has 0 saturated carbocycles. The van der Waals surface area contributed by atoms with Crippen LogP contribution in [-0.4, -0.2) is 37.8 Å². The molecule has 2 aromatic carbocycles. The molecule has 0 fully saturated rings. The molecule has 1 amide bonds. The Labute approximate surface area is 183 Å². The standard InChI is InChI=1S/C24H30N4O3/c1-18(16-31-22-14-7-6-12-20(22)28(2)17-29)9-8-13-21(30)24-25-23(26-27-24)15-19-10-4-3-5-11-19/h3-7,10-12,14,17-18,23,26H,8-9,13,15-16H2,1-2H3,(H,25,27)/t18-,23?/m0/s1. The van der Waals surface area contributed by atoms with Crippen LogP contribution >= 0.6 is 0 Å². The predicted octanol–water partition coefficient (Wildman–Crippen LogP) is 3.11. The van der Waals surface area contributed by atoms with Gasteiger partial charge in [-0.3, -0.25) is 9.59 Å². The number of nitrogens with one attached hydrogen (secondary N) is 2. The van der Waals surface area contributed by atoms with Crippen LogP contribution in [0.1, 0.15) is 31.7 Å². The van der Waals surface area contributed by atoms with Crippen molar-refractivity contribution in [3.63, 3.8) is 0 Å². The number of hydrogen-bond acceptors (Lipinski definition) is 6. The number of carbonyl (C=O) groups excluding carboxylic acids is 2. The van der Waals surface area contributed by atoms with E-state index in [1.54, 1.807) is 7.05 Å². The van der Waals surface area contributed by atoms with Gasteiger partial charge in [-0.25, -0.2) is 10.4 Å². The van der Waals surface area contributed by atoms with Gasteiger partial charge in [0.15, 0.2) is 11.6 Å². The van der Waals surface area contributed by atoms with Crippen molar-refractivity contribution >= 4 is 23.7 Å². The largest absolute Gasteiger partial charge is 0.491 e. The number of hydrazine groups is 1. The molecule has 0 aromatic heterocycles. The molecule has 7 heteroatoms. The van der Waals surface area contributed by atoms with Gasteiger partial charge in [0.25, 0.3) is 0 Å². The molecule has 1 aliphatic rings. The van der Waals surface area contributed by atoms with Crippen molar-refractivity contribution in [1.29, 1.82) is 0 Å². The molecule has 2 N–H and O–H groups in total. The Morgan fingerprint density at radius 2 is 1.94 bits per heavy atom. The lowest BCUT2D eigenvalue weighted by atomic mass is 10.0. The lowest BCUT2D eigenvalue weighted by Gasteiger charge is -2.18. The minimum absolute atomic E-state index is 0.0223. The van der Waals surface area contributed by atoms with Crippen molar-refractivity contribution in [2.75, 3.05) is 18.6 Å². The van der Waals surface area contributed by atoms with Crippen LogP contribution in [-0.2, 0) is 16.0 Å². The molecule has 1 unspecified atom stereocenters. The van der Waals surface area contributed by atoms with E-state index in [-0.39, 0.29) is 17.9 Å². The quantitative estimate of drug-likeness (QED) is 0.514. The van der Waals surface area contributed by atoms with Crippen LogP contribution in [0.4, 0.5) is 5.69 Å². The molecular formula is C24H30N4O3. The Morgan fingerprint density at radius 1 is 1.19 bits per heavy atom. The van der Waals surface area contributed by atoms with E-state index in [4.69, 9.17) is 4.74 Å². The van der Waals surface area contributed by atoms with E-state index in [1.807, 2.05) is 42.5 Å². The molecule has 0 radical (unpaired) electrons. The zero-order chi connectivity index (χ0) is 22.1. The molecule has 7 nitrogen and oxygen atoms in total. The summed E-state index contributed by atoms with van der Waals surface area (Å²) in [6.45, 7) is 2.62. The molecule has 3 rings (SSSR count). The molecule has 1 heterocycles. The van der Waals surface area contributed by atoms with Crippen molar-refractivity contribution in [1.82, 2.24) is 10.9 Å². The molecule has 0 bridgehead atoms. The third kappa shape index (κ3) is 6.65. The van der Waals surface area contributed by atoms with Crippen molar-refractivity contribution in [3.05, 3.63) is 60.2 Å². The van der Waals surface area contributed by atoms with E-state index >= 15 is 0 Å². The third-order valence-corrected chi connectivity index (χ3v) is 5.21. The van der Waals surface area contributed by atoms with Gasteiger partial charge >= 0.3 is 0 Å². The molecule has 0 aliphatic carbocycles. The first kappa shape index (κ1) is 22.5. The molecule has 1 aliphatic heterocycles. The van der Waals surface area contributed by atoms with Crippen LogP contribution < -0.4 is 20.5 Å². The van der Waals surface area contributed by atoms with Gasteiger partial charge < -0.3 is 15.1 Å². The van der Waals surface area contributed by atoms with E-state index in [1.165, 1.54) is 10.5 Å². The maximum absolute atomic E-state index is 12.5. The zero-order valence-corrected chi connectivity index (χ0v) is 18.1. The molecule has 164 valence electrons. The summed E-state index contributed by atoms with van der Waals surface area (Å²) >= 11 is 0. The summed E-state index contributed by atoms with van der Waals surface area (Å²) in [6.07, 6.45) is 3.45. The van der Waals surface area contributed by atoms with E-state index in [0.29, 0.717) is 24.6 Å². The Balaban J connectivity index is 1.39. The van der Waals surface area contributed by atoms with Crippen LogP contribution in [0.25, 0.3) is 0 Å². The monoisotopic (exact) mass is 422 g/mol. The van der Waals surface area contributed by atoms with Gasteiger partial charge in [-0.1, -0.05) is 49.4 Å². The predicted molar refractivity (Wildman–Crippen MR) is 122 cm³/mol. The highest BCUT2D eigenvalue weighted by Gasteiger charge is 2.21. The van der Waals surface area contributed by atoms with Crippen LogP contribution in [0.5, 0.6) is 5.75 Å². The summed E-state index contributed by atoms with van der Waals surface area (Å²) < 4.78 is 5.92. The number of aliphatic imine (C=N–C) groups is 1. The van der Waals surface area contributed by atoms with Gasteiger partial charge in [0.2, 0.25) is 6.41 Å². The van der Waals surface area contributed by atoms with Crippen LogP contribution in [0.3, 0.4) is 0 Å². The van der Waals surface area contributed by atoms with Gasteiger partial charge in [-0.2, -0.15) is 0 Å². The number of hydrogen-bond donors (Lipinski definition) is 2. The van der Waals surface area contributed by atoms with Crippen molar-refractivity contribution in [2.45, 2.75) is 38.8 Å². The Morgan fingerprint density at radius 3 is 2.71 bits per heavy atom. The summed E-state index contributed by atoms with van der Waals surface area (Å²) in [5.41, 5.74) is 7.91. The first-order valence-electron chi connectivity index (χ1n) is 10.6. The number of amidine groups is 1. The number of ketones is 1. The number of amides is 1. The fraction of sp³-hybridized carbons (Fsp3) is 0.375. The van der Waals surface area contributed by atoms with Crippen molar-refractivity contribution in [2.24, 2.45) is 10.9 Å². The second-order valence-electron chi connectivity index (χ2n) is 7.87. The van der Waals surface area contributed by atoms with Gasteiger partial charge in [0.05, 0.1) is 12.3 Å². The second-order valence-corrected chi connectivity index (χ2v) is 7.87. The van der Waals surface area contributed by atoms with E-state index in [0.717, 1.165) is 31.4 Å². The number of para-hydroxylation sites is 2. The van der Waals surface area contributed by atoms with E-state index in [9.17, 15) is 9.59 Å². The first-order chi connectivity index (χ1) is 15.1. The fourth-order valence-electron chi connectivity index (χ4n) is 3.42. The highest BCUT2D eigenvalue weighted by atomic mass is 16.5. The number of Topliss-reactive ketones (excluding diaryl/α,β-unsaturated/α-hetero) is 1. The number of rotatable bonds is 12. The average Bonchev–Trinajstić information content (AvgIpc) is 3.26. The van der Waals surface area contributed by atoms with Crippen molar-refractivity contribution < 1.29 is 14.3 Å². The third-order valence-electron chi connectivity index (χ3n) is 5.21. The second kappa shape index (κ2) is 11.3. The summed E-state index contributed by atoms with van der Waals surface area (Å²) in [6, 6.07) is 17.5. The normalized spacial score (nSPS) is 16.2. The number of ether oxygens (including phenoxy) is 1. The highest BCUT2D eigenvalue weighted by molar-refractivity contribution is 6.39.